The van der Waals surface area contributed by atoms with Crippen LogP contribution in [0.5, 0.6) is 0 Å². The third-order valence-corrected chi connectivity index (χ3v) is 7.50. The number of rotatable bonds is 17. The first-order valence-corrected chi connectivity index (χ1v) is 14.5. The maximum Gasteiger partial charge on any atom is 0.251 e. The molecule has 0 aliphatic carbocycles. The van der Waals surface area contributed by atoms with E-state index in [0.29, 0.717) is 43.8 Å². The zero-order chi connectivity index (χ0) is 25.9. The van der Waals surface area contributed by atoms with Crippen molar-refractivity contribution in [1.82, 2.24) is 16.0 Å². The Morgan fingerprint density at radius 2 is 1.77 bits per heavy atom. The van der Waals surface area contributed by atoms with Gasteiger partial charge in [-0.1, -0.05) is 61.1 Å². The van der Waals surface area contributed by atoms with Crippen molar-refractivity contribution in [1.29, 1.82) is 0 Å². The summed E-state index contributed by atoms with van der Waals surface area (Å²) in [5.41, 5.74) is 0.657. The fraction of sp³-hybridized carbons (Fsp3) is 0.615. The van der Waals surface area contributed by atoms with E-state index in [4.69, 9.17) is 9.47 Å². The van der Waals surface area contributed by atoms with Gasteiger partial charge in [0.05, 0.1) is 19.8 Å². The van der Waals surface area contributed by atoms with Gasteiger partial charge in [0.15, 0.2) is 0 Å². The summed E-state index contributed by atoms with van der Waals surface area (Å²) in [5.74, 6) is 5.94. The lowest BCUT2D eigenvalue weighted by Gasteiger charge is -2.15. The van der Waals surface area contributed by atoms with Crippen molar-refractivity contribution >= 4 is 33.4 Å². The Morgan fingerprint density at radius 3 is 2.43 bits per heavy atom. The lowest BCUT2D eigenvalue weighted by Crippen LogP contribution is -2.35. The number of ether oxygens (including phenoxy) is 2. The number of carbonyl (C=O) groups excluding carboxylic acids is 2. The number of amides is 2. The topological polar surface area (TPSA) is 88.7 Å². The van der Waals surface area contributed by atoms with Gasteiger partial charge < -0.3 is 25.4 Å². The quantitative estimate of drug-likeness (QED) is 0.115. The molecule has 1 aromatic rings. The molecule has 0 spiro atoms. The van der Waals surface area contributed by atoms with E-state index in [9.17, 15) is 9.59 Å². The minimum Gasteiger partial charge on any atom is -0.369 e. The lowest BCUT2D eigenvalue weighted by molar-refractivity contribution is -0.126. The van der Waals surface area contributed by atoms with Crippen molar-refractivity contribution in [2.24, 2.45) is 5.92 Å². The molecular weight excluding hydrogens is 482 g/mol. The largest absolute Gasteiger partial charge is 0.369 e. The monoisotopic (exact) mass is 529 g/mol. The van der Waals surface area contributed by atoms with Gasteiger partial charge in [0.25, 0.3) is 5.91 Å². The highest BCUT2D eigenvalue weighted by Crippen LogP contribution is 2.36. The molecule has 0 aliphatic heterocycles. The predicted octanol–water partition coefficient (Wildman–Crippen LogP) is 4.83. The van der Waals surface area contributed by atoms with Crippen LogP contribution in [-0.4, -0.2) is 62.7 Å². The van der Waals surface area contributed by atoms with Gasteiger partial charge in [0.2, 0.25) is 5.91 Å². The molecule has 0 radical (unpaired) electrons. The standard InChI is InChI=1S/C26H41N3O4S2.3H2/c1-6-21(5)27-15-16-29-26(31)22-10-12-23(13-11-22)34-35-25(7-2)33-18-17-32-19-24(30)28-14-8-9-20(3)4;;;/h10-13,20-21,25,27H,6-7,14-19H2,1-5H3,(H,28,30)(H,29,31);3*1H. The van der Waals surface area contributed by atoms with Crippen molar-refractivity contribution in [3.8, 4) is 11.8 Å². The first-order chi connectivity index (χ1) is 16.8. The zero-order valence-corrected chi connectivity index (χ0v) is 23.3. The Morgan fingerprint density at radius 1 is 1.03 bits per heavy atom. The van der Waals surface area contributed by atoms with Crippen molar-refractivity contribution < 1.29 is 23.3 Å². The summed E-state index contributed by atoms with van der Waals surface area (Å²) in [5, 5.41) is 9.00. The normalized spacial score (nSPS) is 12.5. The number of hydrogen-bond donors (Lipinski definition) is 3. The summed E-state index contributed by atoms with van der Waals surface area (Å²) in [7, 11) is 3.24. The summed E-state index contributed by atoms with van der Waals surface area (Å²) >= 11 is 0. The summed E-state index contributed by atoms with van der Waals surface area (Å²) in [6.45, 7) is 12.8. The minimum absolute atomic E-state index is 0. The van der Waals surface area contributed by atoms with Crippen LogP contribution in [0.25, 0.3) is 0 Å². The molecule has 0 aliphatic rings. The van der Waals surface area contributed by atoms with Crippen LogP contribution in [0.4, 0.5) is 0 Å². The van der Waals surface area contributed by atoms with Crippen LogP contribution < -0.4 is 16.0 Å². The molecule has 1 aromatic carbocycles. The average Bonchev–Trinajstić information content (AvgIpc) is 2.86. The Hall–Kier alpha value is -1.70. The second-order valence-electron chi connectivity index (χ2n) is 8.24. The summed E-state index contributed by atoms with van der Waals surface area (Å²) < 4.78 is 11.2. The molecule has 0 bridgehead atoms. The van der Waals surface area contributed by atoms with Crippen molar-refractivity contribution in [3.05, 3.63) is 29.8 Å². The fourth-order valence-electron chi connectivity index (χ4n) is 2.58. The molecule has 0 heterocycles. The van der Waals surface area contributed by atoms with E-state index in [1.807, 2.05) is 38.1 Å². The molecule has 0 saturated heterocycles. The van der Waals surface area contributed by atoms with E-state index in [0.717, 1.165) is 24.3 Å². The molecule has 0 fully saturated rings. The van der Waals surface area contributed by atoms with Crippen LogP contribution >= 0.6 is 21.6 Å². The third kappa shape index (κ3) is 15.8. The highest BCUT2D eigenvalue weighted by molar-refractivity contribution is 8.76. The third-order valence-electron chi connectivity index (χ3n) is 4.75. The lowest BCUT2D eigenvalue weighted by atomic mass is 10.2. The van der Waals surface area contributed by atoms with Gasteiger partial charge in [-0.25, -0.2) is 0 Å². The van der Waals surface area contributed by atoms with E-state index < -0.39 is 0 Å². The first kappa shape index (κ1) is 31.3. The molecule has 0 saturated carbocycles. The summed E-state index contributed by atoms with van der Waals surface area (Å²) in [6.07, 6.45) is 1.91. The molecule has 202 valence electrons. The van der Waals surface area contributed by atoms with Gasteiger partial charge in [-0.2, -0.15) is 0 Å². The highest BCUT2D eigenvalue weighted by atomic mass is 33.1. The molecule has 1 rings (SSSR count). The molecular formula is C26H47N3O4S2. The van der Waals surface area contributed by atoms with Gasteiger partial charge in [-0.05, 0) is 44.0 Å². The number of hydrogen-bond acceptors (Lipinski definition) is 7. The van der Waals surface area contributed by atoms with Gasteiger partial charge in [0, 0.05) is 39.8 Å². The molecule has 7 nitrogen and oxygen atoms in total. The van der Waals surface area contributed by atoms with E-state index in [-0.39, 0.29) is 28.1 Å². The Bertz CT molecular complexity index is 809. The molecule has 0 aromatic heterocycles. The molecule has 35 heavy (non-hydrogen) atoms. The number of nitrogens with one attached hydrogen (secondary N) is 3. The van der Waals surface area contributed by atoms with Gasteiger partial charge in [0.1, 0.15) is 12.0 Å². The Balaban J connectivity index is -0.00000408. The van der Waals surface area contributed by atoms with Crippen LogP contribution in [0.15, 0.2) is 29.2 Å². The van der Waals surface area contributed by atoms with Crippen LogP contribution in [0, 0.1) is 17.8 Å². The second-order valence-corrected chi connectivity index (χ2v) is 10.7. The fourth-order valence-corrected chi connectivity index (χ4v) is 4.90. The number of carbonyl (C=O) groups is 2. The van der Waals surface area contributed by atoms with Crippen LogP contribution in [0.3, 0.4) is 0 Å². The maximum absolute atomic E-state index is 12.3. The van der Waals surface area contributed by atoms with Crippen LogP contribution in [0.1, 0.15) is 62.1 Å². The minimum atomic E-state index is -0.181. The molecule has 9 heteroatoms. The maximum atomic E-state index is 12.3. The van der Waals surface area contributed by atoms with E-state index >= 15 is 0 Å². The van der Waals surface area contributed by atoms with Crippen LogP contribution in [0.2, 0.25) is 0 Å². The highest BCUT2D eigenvalue weighted by Gasteiger charge is 2.10. The molecule has 2 unspecified atom stereocenters. The smallest absolute Gasteiger partial charge is 0.251 e. The van der Waals surface area contributed by atoms with Crippen LogP contribution in [-0.2, 0) is 14.3 Å². The molecule has 2 amide bonds. The average molecular weight is 530 g/mol. The van der Waals surface area contributed by atoms with Gasteiger partial charge >= 0.3 is 0 Å². The zero-order valence-electron chi connectivity index (χ0n) is 21.6. The van der Waals surface area contributed by atoms with E-state index in [2.05, 4.69) is 48.6 Å². The summed E-state index contributed by atoms with van der Waals surface area (Å²) in [6, 6.07) is 8.04. The predicted molar refractivity (Wildman–Crippen MR) is 153 cm³/mol. The summed E-state index contributed by atoms with van der Waals surface area (Å²) in [4.78, 5) is 25.0. The first-order valence-electron chi connectivity index (χ1n) is 12.2. The van der Waals surface area contributed by atoms with E-state index in [1.165, 1.54) is 0 Å². The van der Waals surface area contributed by atoms with E-state index in [1.54, 1.807) is 21.6 Å². The molecule has 2 atom stereocenters. The Labute approximate surface area is 223 Å². The second kappa shape index (κ2) is 19.5. The number of benzene rings is 1. The van der Waals surface area contributed by atoms with Gasteiger partial charge in [-0.15, -0.1) is 0 Å². The van der Waals surface area contributed by atoms with Crippen molar-refractivity contribution in [2.75, 3.05) is 39.5 Å². The SMILES string of the molecule is CCC(C)NCCNC(=O)c1ccc(SSC(CC)OCCOCC(=O)NCC#CC(C)C)cc1.[HH].[HH].[HH]. The van der Waals surface area contributed by atoms with Gasteiger partial charge in [-0.3, -0.25) is 9.59 Å². The van der Waals surface area contributed by atoms with Crippen molar-refractivity contribution in [2.45, 2.75) is 63.8 Å². The Kier molecular flexibility index (Phi) is 17.4. The van der Waals surface area contributed by atoms with Crippen molar-refractivity contribution in [3.63, 3.8) is 0 Å². The molecule has 3 N–H and O–H groups in total.